The molecule has 0 bridgehead atoms. The molecule has 1 N–H and O–H groups in total. The van der Waals surface area contributed by atoms with Gasteiger partial charge >= 0.3 is 0 Å². The second-order valence-corrected chi connectivity index (χ2v) is 11.6. The van der Waals surface area contributed by atoms with Crippen molar-refractivity contribution in [2.24, 2.45) is 0 Å². The number of aromatic hydroxyl groups is 1. The molecule has 212 valence electrons. The largest absolute Gasteiger partial charge is 0.505 e. The zero-order valence-corrected chi connectivity index (χ0v) is 24.7. The Balaban J connectivity index is 1.45. The molecule has 5 nitrogen and oxygen atoms in total. The van der Waals surface area contributed by atoms with E-state index in [1.807, 2.05) is 66.9 Å². The number of phenols is 1. The maximum absolute atomic E-state index is 11.5. The number of rotatable bonds is 6. The van der Waals surface area contributed by atoms with Crippen molar-refractivity contribution in [1.29, 1.82) is 0 Å². The fourth-order valence-corrected chi connectivity index (χ4v) is 6.09. The Morgan fingerprint density at radius 2 is 1.42 bits per heavy atom. The summed E-state index contributed by atoms with van der Waals surface area (Å²) in [4.78, 5) is 9.61. The molecule has 0 spiro atoms. The van der Waals surface area contributed by atoms with Crippen molar-refractivity contribution < 1.29 is 9.84 Å². The van der Waals surface area contributed by atoms with Crippen molar-refractivity contribution in [3.05, 3.63) is 120 Å². The van der Waals surface area contributed by atoms with E-state index in [1.165, 1.54) is 0 Å². The third kappa shape index (κ3) is 4.58. The molecule has 0 saturated carbocycles. The van der Waals surface area contributed by atoms with Crippen molar-refractivity contribution >= 4 is 32.7 Å². The van der Waals surface area contributed by atoms with Gasteiger partial charge in [0.1, 0.15) is 22.8 Å². The van der Waals surface area contributed by atoms with Crippen LogP contribution in [0.15, 0.2) is 109 Å². The number of hydrogen-bond donors (Lipinski definition) is 1. The van der Waals surface area contributed by atoms with Crippen LogP contribution in [-0.2, 0) is 0 Å². The normalized spacial score (nSPS) is 11.8. The lowest BCUT2D eigenvalue weighted by molar-refractivity contribution is 0.457. The fraction of sp³-hybridized carbons (Fsp3) is 0.158. The Hall–Kier alpha value is -5.16. The van der Waals surface area contributed by atoms with E-state index in [0.29, 0.717) is 17.1 Å². The number of pyridine rings is 2. The zero-order chi connectivity index (χ0) is 29.7. The maximum atomic E-state index is 11.5. The number of para-hydroxylation sites is 1. The standard InChI is InChI=1S/C38H33N3O2/c1-23(2)29-21-30(24(3)4)38(42)37-36(29)31(25-12-6-5-7-13-25)22-35(40-37)43-26-17-18-28-27-14-8-9-15-32(27)41(33(28)20-26)34-16-10-11-19-39-34/h5-24,42H,1-4H3. The minimum Gasteiger partial charge on any atom is -0.505 e. The number of phenolic OH excluding ortho intramolecular Hbond substituents is 1. The van der Waals surface area contributed by atoms with Crippen LogP contribution in [0.3, 0.4) is 0 Å². The molecule has 0 atom stereocenters. The highest BCUT2D eigenvalue weighted by atomic mass is 16.5. The van der Waals surface area contributed by atoms with Crippen molar-refractivity contribution in [2.45, 2.75) is 39.5 Å². The van der Waals surface area contributed by atoms with E-state index in [1.54, 1.807) is 0 Å². The third-order valence-electron chi connectivity index (χ3n) is 8.17. The Morgan fingerprint density at radius 1 is 0.698 bits per heavy atom. The van der Waals surface area contributed by atoms with Crippen LogP contribution in [0.2, 0.25) is 0 Å². The summed E-state index contributed by atoms with van der Waals surface area (Å²) in [6, 6.07) is 34.8. The molecule has 5 heteroatoms. The Bertz CT molecular complexity index is 2110. The van der Waals surface area contributed by atoms with Gasteiger partial charge in [0, 0.05) is 34.5 Å². The minimum atomic E-state index is 0.143. The first-order valence-corrected chi connectivity index (χ1v) is 14.8. The van der Waals surface area contributed by atoms with Crippen molar-refractivity contribution in [3.8, 4) is 34.3 Å². The number of aromatic nitrogens is 3. The minimum absolute atomic E-state index is 0.143. The number of hydrogen-bond acceptors (Lipinski definition) is 4. The average Bonchev–Trinajstić information content (AvgIpc) is 3.35. The topological polar surface area (TPSA) is 60.2 Å². The van der Waals surface area contributed by atoms with Crippen LogP contribution >= 0.6 is 0 Å². The summed E-state index contributed by atoms with van der Waals surface area (Å²) >= 11 is 0. The first kappa shape index (κ1) is 26.7. The second kappa shape index (κ2) is 10.6. The van der Waals surface area contributed by atoms with Crippen LogP contribution in [0.4, 0.5) is 0 Å². The molecule has 0 saturated heterocycles. The first-order valence-electron chi connectivity index (χ1n) is 14.8. The predicted molar refractivity (Wildman–Crippen MR) is 176 cm³/mol. The van der Waals surface area contributed by atoms with E-state index < -0.39 is 0 Å². The molecule has 7 rings (SSSR count). The number of benzene rings is 4. The summed E-state index contributed by atoms with van der Waals surface area (Å²) < 4.78 is 8.71. The monoisotopic (exact) mass is 563 g/mol. The molecule has 0 aliphatic rings. The Labute approximate surface area is 251 Å². The molecule has 0 fully saturated rings. The highest BCUT2D eigenvalue weighted by Gasteiger charge is 2.22. The van der Waals surface area contributed by atoms with Gasteiger partial charge in [0.2, 0.25) is 5.88 Å². The lowest BCUT2D eigenvalue weighted by Crippen LogP contribution is -2.01. The molecule has 3 heterocycles. The van der Waals surface area contributed by atoms with Gasteiger partial charge in [-0.15, -0.1) is 0 Å². The SMILES string of the molecule is CC(C)c1cc(C(C)C)c2c(-c3ccccc3)cc(Oc3ccc4c5ccccc5n(-c5ccccn5)c4c3)nc2c1O. The number of fused-ring (bicyclic) bond motifs is 4. The molecular weight excluding hydrogens is 530 g/mol. The van der Waals surface area contributed by atoms with Crippen LogP contribution in [0.1, 0.15) is 50.7 Å². The van der Waals surface area contributed by atoms with Gasteiger partial charge in [0.15, 0.2) is 0 Å². The quantitative estimate of drug-likeness (QED) is 0.219. The highest BCUT2D eigenvalue weighted by molar-refractivity contribution is 6.09. The fourth-order valence-electron chi connectivity index (χ4n) is 6.09. The van der Waals surface area contributed by atoms with Crippen LogP contribution in [-0.4, -0.2) is 19.6 Å². The molecule has 0 amide bonds. The summed E-state index contributed by atoms with van der Waals surface area (Å²) in [5, 5.41) is 14.8. The summed E-state index contributed by atoms with van der Waals surface area (Å²) in [5.41, 5.74) is 6.72. The highest BCUT2D eigenvalue weighted by Crippen LogP contribution is 2.44. The second-order valence-electron chi connectivity index (χ2n) is 11.6. The molecule has 0 radical (unpaired) electrons. The summed E-state index contributed by atoms with van der Waals surface area (Å²) in [5.74, 6) is 2.52. The predicted octanol–water partition coefficient (Wildman–Crippen LogP) is 10.1. The van der Waals surface area contributed by atoms with E-state index >= 15 is 0 Å². The van der Waals surface area contributed by atoms with E-state index in [-0.39, 0.29) is 17.6 Å². The Kier molecular flexibility index (Phi) is 6.58. The molecule has 3 aromatic heterocycles. The molecule has 7 aromatic rings. The van der Waals surface area contributed by atoms with E-state index in [2.05, 4.69) is 79.7 Å². The molecule has 0 unspecified atom stereocenters. The van der Waals surface area contributed by atoms with Crippen molar-refractivity contribution in [1.82, 2.24) is 14.5 Å². The molecule has 0 aliphatic carbocycles. The zero-order valence-electron chi connectivity index (χ0n) is 24.7. The average molecular weight is 564 g/mol. The van der Waals surface area contributed by atoms with Gasteiger partial charge in [0.05, 0.1) is 11.0 Å². The lowest BCUT2D eigenvalue weighted by atomic mass is 9.87. The van der Waals surface area contributed by atoms with Gasteiger partial charge in [0.25, 0.3) is 0 Å². The summed E-state index contributed by atoms with van der Waals surface area (Å²) in [6.45, 7) is 8.56. The number of ether oxygens (including phenoxy) is 1. The van der Waals surface area contributed by atoms with Gasteiger partial charge in [-0.1, -0.05) is 88.4 Å². The molecule has 43 heavy (non-hydrogen) atoms. The maximum Gasteiger partial charge on any atom is 0.220 e. The van der Waals surface area contributed by atoms with Crippen molar-refractivity contribution in [3.63, 3.8) is 0 Å². The van der Waals surface area contributed by atoms with Gasteiger partial charge in [-0.2, -0.15) is 0 Å². The Morgan fingerprint density at radius 3 is 2.16 bits per heavy atom. The van der Waals surface area contributed by atoms with Gasteiger partial charge < -0.3 is 9.84 Å². The smallest absolute Gasteiger partial charge is 0.220 e. The van der Waals surface area contributed by atoms with E-state index in [9.17, 15) is 5.11 Å². The van der Waals surface area contributed by atoms with Gasteiger partial charge in [-0.25, -0.2) is 9.97 Å². The van der Waals surface area contributed by atoms with Gasteiger partial charge in [-0.3, -0.25) is 4.57 Å². The van der Waals surface area contributed by atoms with Crippen molar-refractivity contribution in [2.75, 3.05) is 0 Å². The third-order valence-corrected chi connectivity index (χ3v) is 8.17. The van der Waals surface area contributed by atoms with Gasteiger partial charge in [-0.05, 0) is 64.4 Å². The van der Waals surface area contributed by atoms with E-state index in [0.717, 1.165) is 55.3 Å². The van der Waals surface area contributed by atoms with Crippen LogP contribution in [0.25, 0.3) is 49.7 Å². The first-order chi connectivity index (χ1) is 20.9. The van der Waals surface area contributed by atoms with Crippen LogP contribution in [0, 0.1) is 0 Å². The summed E-state index contributed by atoms with van der Waals surface area (Å²) in [6.07, 6.45) is 1.81. The molecule has 0 aliphatic heterocycles. The van der Waals surface area contributed by atoms with E-state index in [4.69, 9.17) is 9.72 Å². The number of nitrogens with zero attached hydrogens (tertiary/aromatic N) is 3. The summed E-state index contributed by atoms with van der Waals surface area (Å²) in [7, 11) is 0. The van der Waals surface area contributed by atoms with Crippen LogP contribution < -0.4 is 4.74 Å². The molecule has 4 aromatic carbocycles. The molecular formula is C38H33N3O2. The van der Waals surface area contributed by atoms with Crippen LogP contribution in [0.5, 0.6) is 17.4 Å². The lowest BCUT2D eigenvalue weighted by Gasteiger charge is -2.20.